The van der Waals surface area contributed by atoms with E-state index in [0.717, 1.165) is 30.5 Å². The van der Waals surface area contributed by atoms with Crippen molar-refractivity contribution in [3.63, 3.8) is 0 Å². The Hall–Kier alpha value is -0.530. The summed E-state index contributed by atoms with van der Waals surface area (Å²) in [5.41, 5.74) is 1.35. The summed E-state index contributed by atoms with van der Waals surface area (Å²) >= 11 is 6.04. The molecule has 1 unspecified atom stereocenters. The number of hydrogen-bond donors (Lipinski definition) is 1. The molecule has 2 heteroatoms. The van der Waals surface area contributed by atoms with Crippen molar-refractivity contribution in [3.8, 4) is 0 Å². The zero-order valence-electron chi connectivity index (χ0n) is 11.9. The van der Waals surface area contributed by atoms with Crippen molar-refractivity contribution in [3.05, 3.63) is 34.9 Å². The minimum atomic E-state index is 0.715. The maximum absolute atomic E-state index is 6.04. The first kappa shape index (κ1) is 15.5. The summed E-state index contributed by atoms with van der Waals surface area (Å²) in [6, 6.07) is 8.25. The van der Waals surface area contributed by atoms with Gasteiger partial charge in [-0.2, -0.15) is 0 Å². The quantitative estimate of drug-likeness (QED) is 0.729. The molecule has 0 saturated heterocycles. The lowest BCUT2D eigenvalue weighted by Gasteiger charge is -2.18. The van der Waals surface area contributed by atoms with Crippen molar-refractivity contribution in [2.24, 2.45) is 11.8 Å². The Balaban J connectivity index is 2.46. The lowest BCUT2D eigenvalue weighted by atomic mass is 9.95. The summed E-state index contributed by atoms with van der Waals surface area (Å²) in [5.74, 6) is 1.44. The van der Waals surface area contributed by atoms with Gasteiger partial charge < -0.3 is 5.32 Å². The van der Waals surface area contributed by atoms with E-state index >= 15 is 0 Å². The molecule has 0 heterocycles. The Morgan fingerprint density at radius 1 is 1.22 bits per heavy atom. The molecule has 102 valence electrons. The topological polar surface area (TPSA) is 12.0 Å². The molecule has 0 bridgehead atoms. The predicted octanol–water partition coefficient (Wildman–Crippen LogP) is 4.54. The van der Waals surface area contributed by atoms with Gasteiger partial charge in [-0.1, -0.05) is 50.9 Å². The van der Waals surface area contributed by atoms with Crippen molar-refractivity contribution in [2.45, 2.75) is 40.0 Å². The van der Waals surface area contributed by atoms with Crippen molar-refractivity contribution in [1.29, 1.82) is 0 Å². The molecular formula is C16H26ClN. The van der Waals surface area contributed by atoms with E-state index in [4.69, 9.17) is 11.6 Å². The summed E-state index contributed by atoms with van der Waals surface area (Å²) in [5, 5.41) is 4.42. The zero-order chi connectivity index (χ0) is 13.4. The fourth-order valence-corrected chi connectivity index (χ4v) is 2.47. The highest BCUT2D eigenvalue weighted by atomic mass is 35.5. The summed E-state index contributed by atoms with van der Waals surface area (Å²) < 4.78 is 0. The van der Waals surface area contributed by atoms with Crippen molar-refractivity contribution in [2.75, 3.05) is 13.1 Å². The molecule has 0 amide bonds. The first-order valence-electron chi connectivity index (χ1n) is 7.07. The lowest BCUT2D eigenvalue weighted by molar-refractivity contribution is 0.421. The SMILES string of the molecule is CCCC(CNCC(C)C)Cc1cccc(Cl)c1. The summed E-state index contributed by atoms with van der Waals surface area (Å²) in [6.45, 7) is 8.97. The highest BCUT2D eigenvalue weighted by Crippen LogP contribution is 2.17. The highest BCUT2D eigenvalue weighted by molar-refractivity contribution is 6.30. The van der Waals surface area contributed by atoms with Crippen LogP contribution in [0.15, 0.2) is 24.3 Å². The average molecular weight is 268 g/mol. The molecule has 1 N–H and O–H groups in total. The molecule has 0 fully saturated rings. The van der Waals surface area contributed by atoms with Crippen molar-refractivity contribution in [1.82, 2.24) is 5.32 Å². The maximum Gasteiger partial charge on any atom is 0.0408 e. The summed E-state index contributed by atoms with van der Waals surface area (Å²) in [6.07, 6.45) is 3.64. The number of hydrogen-bond acceptors (Lipinski definition) is 1. The van der Waals surface area contributed by atoms with E-state index in [2.05, 4.69) is 38.2 Å². The Bertz CT molecular complexity index is 336. The van der Waals surface area contributed by atoms with Crippen LogP contribution in [-0.2, 0) is 6.42 Å². The third kappa shape index (κ3) is 6.42. The van der Waals surface area contributed by atoms with Crippen LogP contribution in [0.25, 0.3) is 0 Å². The van der Waals surface area contributed by atoms with Crippen LogP contribution < -0.4 is 5.32 Å². The van der Waals surface area contributed by atoms with Gasteiger partial charge in [0.05, 0.1) is 0 Å². The molecule has 1 nitrogen and oxygen atoms in total. The molecule has 1 aromatic rings. The number of rotatable bonds is 8. The lowest BCUT2D eigenvalue weighted by Crippen LogP contribution is -2.27. The highest BCUT2D eigenvalue weighted by Gasteiger charge is 2.09. The van der Waals surface area contributed by atoms with Gasteiger partial charge in [-0.05, 0) is 55.5 Å². The molecule has 0 spiro atoms. The minimum Gasteiger partial charge on any atom is -0.316 e. The number of benzene rings is 1. The normalized spacial score (nSPS) is 12.9. The van der Waals surface area contributed by atoms with Crippen molar-refractivity contribution >= 4 is 11.6 Å². The second-order valence-corrected chi connectivity index (χ2v) is 5.98. The van der Waals surface area contributed by atoms with E-state index in [-0.39, 0.29) is 0 Å². The van der Waals surface area contributed by atoms with Gasteiger partial charge in [0, 0.05) is 5.02 Å². The smallest absolute Gasteiger partial charge is 0.0408 e. The van der Waals surface area contributed by atoms with E-state index in [0.29, 0.717) is 5.92 Å². The van der Waals surface area contributed by atoms with E-state index in [1.54, 1.807) is 0 Å². The number of halogens is 1. The van der Waals surface area contributed by atoms with Gasteiger partial charge in [-0.25, -0.2) is 0 Å². The Morgan fingerprint density at radius 2 is 2.00 bits per heavy atom. The van der Waals surface area contributed by atoms with Gasteiger partial charge in [0.25, 0.3) is 0 Å². The molecule has 1 atom stereocenters. The summed E-state index contributed by atoms with van der Waals surface area (Å²) in [4.78, 5) is 0. The summed E-state index contributed by atoms with van der Waals surface area (Å²) in [7, 11) is 0. The van der Waals surface area contributed by atoms with Gasteiger partial charge in [-0.15, -0.1) is 0 Å². The third-order valence-electron chi connectivity index (χ3n) is 3.10. The first-order valence-corrected chi connectivity index (χ1v) is 7.44. The van der Waals surface area contributed by atoms with Crippen LogP contribution in [0.4, 0.5) is 0 Å². The monoisotopic (exact) mass is 267 g/mol. The molecular weight excluding hydrogens is 242 g/mol. The van der Waals surface area contributed by atoms with Gasteiger partial charge in [-0.3, -0.25) is 0 Å². The van der Waals surface area contributed by atoms with Crippen LogP contribution in [0.5, 0.6) is 0 Å². The van der Waals surface area contributed by atoms with Crippen LogP contribution in [-0.4, -0.2) is 13.1 Å². The molecule has 0 saturated carbocycles. The predicted molar refractivity (Wildman–Crippen MR) is 81.3 cm³/mol. The molecule has 1 aromatic carbocycles. The van der Waals surface area contributed by atoms with Gasteiger partial charge in [0.15, 0.2) is 0 Å². The van der Waals surface area contributed by atoms with Gasteiger partial charge in [0.2, 0.25) is 0 Å². The fraction of sp³-hybridized carbons (Fsp3) is 0.625. The number of nitrogens with one attached hydrogen (secondary N) is 1. The van der Waals surface area contributed by atoms with E-state index in [1.807, 2.05) is 12.1 Å². The van der Waals surface area contributed by atoms with Gasteiger partial charge >= 0.3 is 0 Å². The van der Waals surface area contributed by atoms with Crippen LogP contribution in [0, 0.1) is 11.8 Å². The largest absolute Gasteiger partial charge is 0.316 e. The average Bonchev–Trinajstić information content (AvgIpc) is 2.28. The minimum absolute atomic E-state index is 0.715. The van der Waals surface area contributed by atoms with Crippen LogP contribution in [0.1, 0.15) is 39.2 Å². The molecule has 0 radical (unpaired) electrons. The Kier molecular flexibility index (Phi) is 7.38. The maximum atomic E-state index is 6.04. The van der Waals surface area contributed by atoms with E-state index < -0.39 is 0 Å². The van der Waals surface area contributed by atoms with E-state index in [1.165, 1.54) is 18.4 Å². The van der Waals surface area contributed by atoms with E-state index in [9.17, 15) is 0 Å². The second-order valence-electron chi connectivity index (χ2n) is 5.54. The standard InChI is InChI=1S/C16H26ClN/c1-4-6-15(12-18-11-13(2)3)9-14-7-5-8-16(17)10-14/h5,7-8,10,13,15,18H,4,6,9,11-12H2,1-3H3. The van der Waals surface area contributed by atoms with Crippen LogP contribution in [0.3, 0.4) is 0 Å². The van der Waals surface area contributed by atoms with Crippen molar-refractivity contribution < 1.29 is 0 Å². The Morgan fingerprint density at radius 3 is 2.61 bits per heavy atom. The fourth-order valence-electron chi connectivity index (χ4n) is 2.26. The molecule has 1 rings (SSSR count). The zero-order valence-corrected chi connectivity index (χ0v) is 12.6. The first-order chi connectivity index (χ1) is 8.61. The molecule has 18 heavy (non-hydrogen) atoms. The van der Waals surface area contributed by atoms with Crippen LogP contribution in [0.2, 0.25) is 5.02 Å². The third-order valence-corrected chi connectivity index (χ3v) is 3.33. The molecule has 0 aromatic heterocycles. The molecule has 0 aliphatic rings. The Labute approximate surface area is 117 Å². The second kappa shape index (κ2) is 8.55. The van der Waals surface area contributed by atoms with Gasteiger partial charge in [0.1, 0.15) is 0 Å². The van der Waals surface area contributed by atoms with Crippen LogP contribution >= 0.6 is 11.6 Å². The molecule has 0 aliphatic heterocycles. The molecule has 0 aliphatic carbocycles.